The van der Waals surface area contributed by atoms with Crippen LogP contribution in [0.15, 0.2) is 46.0 Å². The van der Waals surface area contributed by atoms with Gasteiger partial charge in [-0.1, -0.05) is 11.6 Å². The molecule has 1 N–H and O–H groups in total. The van der Waals surface area contributed by atoms with Gasteiger partial charge in [-0.3, -0.25) is 4.79 Å². The fourth-order valence-electron chi connectivity index (χ4n) is 5.93. The molecule has 1 aliphatic heterocycles. The lowest BCUT2D eigenvalue weighted by Crippen LogP contribution is -2.57. The van der Waals surface area contributed by atoms with Crippen LogP contribution in [0.25, 0.3) is 11.1 Å². The molecular formula is C28H31ClN4O6S. The van der Waals surface area contributed by atoms with E-state index < -0.39 is 26.8 Å². The van der Waals surface area contributed by atoms with E-state index in [2.05, 4.69) is 15.3 Å². The number of oxazole rings is 1. The molecule has 2 amide bonds. The molecule has 2 aliphatic carbocycles. The molecule has 1 spiro atoms. The Hall–Kier alpha value is -3.18. The largest absolute Gasteiger partial charge is 0.444 e. The summed E-state index contributed by atoms with van der Waals surface area (Å²) in [6.45, 7) is 5.31. The first-order valence-electron chi connectivity index (χ1n) is 13.4. The molecule has 2 aromatic heterocycles. The lowest BCUT2D eigenvalue weighted by Gasteiger charge is -2.57. The first-order valence-corrected chi connectivity index (χ1v) is 15.3. The van der Waals surface area contributed by atoms with Crippen LogP contribution in [0, 0.1) is 5.41 Å². The first kappa shape index (κ1) is 27.0. The van der Waals surface area contributed by atoms with Crippen molar-refractivity contribution in [2.24, 2.45) is 5.41 Å². The van der Waals surface area contributed by atoms with E-state index in [1.54, 1.807) is 32.9 Å². The molecule has 2 saturated carbocycles. The van der Waals surface area contributed by atoms with Crippen molar-refractivity contribution in [2.75, 3.05) is 13.1 Å². The second kappa shape index (κ2) is 9.44. The number of aromatic nitrogens is 2. The Kier molecular flexibility index (Phi) is 6.38. The number of likely N-dealkylation sites (tertiary alicyclic amines) is 1. The van der Waals surface area contributed by atoms with Crippen LogP contribution in [0.4, 0.5) is 4.79 Å². The van der Waals surface area contributed by atoms with Gasteiger partial charge in [0.2, 0.25) is 9.84 Å². The molecule has 1 saturated heterocycles. The highest BCUT2D eigenvalue weighted by atomic mass is 35.5. The van der Waals surface area contributed by atoms with Crippen LogP contribution in [0.1, 0.15) is 68.6 Å². The van der Waals surface area contributed by atoms with E-state index in [1.807, 2.05) is 6.07 Å². The molecule has 3 heterocycles. The monoisotopic (exact) mass is 586 g/mol. The number of amides is 2. The number of nitrogens with one attached hydrogen (secondary N) is 1. The Labute approximate surface area is 237 Å². The highest BCUT2D eigenvalue weighted by Crippen LogP contribution is 2.61. The van der Waals surface area contributed by atoms with E-state index in [-0.39, 0.29) is 47.0 Å². The van der Waals surface area contributed by atoms with Crippen molar-refractivity contribution in [1.82, 2.24) is 20.2 Å². The van der Waals surface area contributed by atoms with Crippen LogP contribution in [0.3, 0.4) is 0 Å². The van der Waals surface area contributed by atoms with Crippen molar-refractivity contribution < 1.29 is 27.2 Å². The number of fused-ring (bicyclic) bond motifs is 1. The molecule has 40 heavy (non-hydrogen) atoms. The number of carbonyl (C=O) groups is 2. The van der Waals surface area contributed by atoms with Crippen molar-refractivity contribution in [3.05, 3.63) is 53.0 Å². The maximum Gasteiger partial charge on any atom is 0.410 e. The van der Waals surface area contributed by atoms with Gasteiger partial charge in [0.15, 0.2) is 16.5 Å². The average molecular weight is 587 g/mol. The van der Waals surface area contributed by atoms with Gasteiger partial charge in [0.25, 0.3) is 5.91 Å². The molecular weight excluding hydrogens is 556 g/mol. The van der Waals surface area contributed by atoms with Crippen LogP contribution in [0.2, 0.25) is 5.02 Å². The van der Waals surface area contributed by atoms with Gasteiger partial charge in [-0.15, -0.1) is 0 Å². The summed E-state index contributed by atoms with van der Waals surface area (Å²) in [6.07, 6.45) is 4.42. The second-order valence-corrected chi connectivity index (χ2v) is 14.9. The van der Waals surface area contributed by atoms with E-state index in [0.29, 0.717) is 5.02 Å². The fourth-order valence-corrected chi connectivity index (χ4v) is 7.69. The lowest BCUT2D eigenvalue weighted by atomic mass is 9.50. The van der Waals surface area contributed by atoms with Gasteiger partial charge in [-0.2, -0.15) is 0 Å². The van der Waals surface area contributed by atoms with Gasteiger partial charge >= 0.3 is 6.09 Å². The quantitative estimate of drug-likeness (QED) is 0.454. The summed E-state index contributed by atoms with van der Waals surface area (Å²) < 4.78 is 37.4. The Morgan fingerprint density at radius 1 is 1.12 bits per heavy atom. The number of hydrogen-bond donors (Lipinski definition) is 1. The van der Waals surface area contributed by atoms with Gasteiger partial charge in [0.05, 0.1) is 0 Å². The summed E-state index contributed by atoms with van der Waals surface area (Å²) >= 11 is 6.05. The minimum Gasteiger partial charge on any atom is -0.444 e. The zero-order valence-electron chi connectivity index (χ0n) is 22.5. The third kappa shape index (κ3) is 5.05. The third-order valence-electron chi connectivity index (χ3n) is 8.00. The first-order chi connectivity index (χ1) is 18.8. The molecule has 3 aromatic rings. The van der Waals surface area contributed by atoms with Gasteiger partial charge in [0.1, 0.15) is 16.4 Å². The number of nitrogens with zero attached hydrogens (tertiary/aromatic N) is 3. The van der Waals surface area contributed by atoms with Crippen LogP contribution >= 0.6 is 11.6 Å². The SMILES string of the molecule is CC(C)(C)OC(=O)N1CC(S(=O)(=O)c2cc(C(=O)NC3CC4(C3)CC(c3nc5cc(Cl)ccc5o3)C4)ccn2)C1. The summed E-state index contributed by atoms with van der Waals surface area (Å²) in [6, 6.07) is 8.27. The van der Waals surface area contributed by atoms with E-state index in [0.717, 1.165) is 42.7 Å². The summed E-state index contributed by atoms with van der Waals surface area (Å²) in [7, 11) is -3.81. The summed E-state index contributed by atoms with van der Waals surface area (Å²) in [4.78, 5) is 35.1. The van der Waals surface area contributed by atoms with Crippen LogP contribution in [-0.2, 0) is 14.6 Å². The molecule has 212 valence electrons. The Balaban J connectivity index is 1.01. The van der Waals surface area contributed by atoms with Crippen molar-refractivity contribution in [3.63, 3.8) is 0 Å². The Morgan fingerprint density at radius 2 is 1.85 bits per heavy atom. The third-order valence-corrected chi connectivity index (χ3v) is 10.2. The summed E-state index contributed by atoms with van der Waals surface area (Å²) in [5, 5.41) is 2.70. The minimum atomic E-state index is -3.81. The van der Waals surface area contributed by atoms with Crippen molar-refractivity contribution >= 4 is 44.5 Å². The molecule has 0 unspecified atom stereocenters. The topological polar surface area (TPSA) is 132 Å². The fraction of sp³-hybridized carbons (Fsp3) is 0.500. The zero-order valence-corrected chi connectivity index (χ0v) is 24.1. The predicted molar refractivity (Wildman–Crippen MR) is 147 cm³/mol. The Bertz CT molecular complexity index is 1590. The number of rotatable bonds is 5. The summed E-state index contributed by atoms with van der Waals surface area (Å²) in [5.74, 6) is 0.671. The molecule has 0 bridgehead atoms. The predicted octanol–water partition coefficient (Wildman–Crippen LogP) is 4.73. The van der Waals surface area contributed by atoms with Crippen LogP contribution in [-0.4, -0.2) is 65.3 Å². The standard InChI is InChI=1S/C28H31ClN4O6S/c1-27(2,3)39-26(35)33-14-20(15-33)40(36,37)23-8-16(6-7-30-23)24(34)31-19-12-28(13-19)10-17(11-28)25-32-21-9-18(29)4-5-22(21)38-25/h4-9,17,19-20H,10-15H2,1-3H3,(H,31,34). The maximum absolute atomic E-state index is 13.1. The highest BCUT2D eigenvalue weighted by Gasteiger charge is 2.54. The molecule has 3 aliphatic rings. The molecule has 10 nitrogen and oxygen atoms in total. The number of hydrogen-bond acceptors (Lipinski definition) is 8. The number of sulfone groups is 1. The molecule has 6 rings (SSSR count). The Morgan fingerprint density at radius 3 is 2.55 bits per heavy atom. The molecule has 0 atom stereocenters. The maximum atomic E-state index is 13.1. The molecule has 12 heteroatoms. The number of halogens is 1. The van der Waals surface area contributed by atoms with Gasteiger partial charge in [-0.05, 0) is 82.2 Å². The number of benzene rings is 1. The van der Waals surface area contributed by atoms with Gasteiger partial charge in [-0.25, -0.2) is 23.2 Å². The number of pyridine rings is 1. The number of carbonyl (C=O) groups excluding carboxylic acids is 2. The van der Waals surface area contributed by atoms with Crippen molar-refractivity contribution in [2.45, 2.75) is 74.3 Å². The van der Waals surface area contributed by atoms with E-state index in [4.69, 9.17) is 20.8 Å². The second-order valence-electron chi connectivity index (χ2n) is 12.3. The summed E-state index contributed by atoms with van der Waals surface area (Å²) in [5.41, 5.74) is 1.26. The normalized spacial score (nSPS) is 24.8. The van der Waals surface area contributed by atoms with E-state index >= 15 is 0 Å². The minimum absolute atomic E-state index is 0.0256. The van der Waals surface area contributed by atoms with Gasteiger partial charge < -0.3 is 19.4 Å². The van der Waals surface area contributed by atoms with Crippen LogP contribution < -0.4 is 5.32 Å². The molecule has 3 fully saturated rings. The number of ether oxygens (including phenoxy) is 1. The van der Waals surface area contributed by atoms with Gasteiger partial charge in [0, 0.05) is 41.8 Å². The van der Waals surface area contributed by atoms with Crippen molar-refractivity contribution in [3.8, 4) is 0 Å². The van der Waals surface area contributed by atoms with Crippen molar-refractivity contribution in [1.29, 1.82) is 0 Å². The molecule has 0 radical (unpaired) electrons. The smallest absolute Gasteiger partial charge is 0.410 e. The highest BCUT2D eigenvalue weighted by molar-refractivity contribution is 7.92. The van der Waals surface area contributed by atoms with E-state index in [1.165, 1.54) is 23.2 Å². The lowest BCUT2D eigenvalue weighted by molar-refractivity contribution is -0.0253. The zero-order chi connectivity index (χ0) is 28.4. The van der Waals surface area contributed by atoms with E-state index in [9.17, 15) is 18.0 Å². The average Bonchev–Trinajstić information content (AvgIpc) is 3.19. The molecule has 1 aromatic carbocycles. The van der Waals surface area contributed by atoms with Crippen LogP contribution in [0.5, 0.6) is 0 Å².